The second-order valence-electron chi connectivity index (χ2n) is 2.62. The van der Waals surface area contributed by atoms with E-state index in [1.165, 1.54) is 0 Å². The number of hydrogen-bond acceptors (Lipinski definition) is 2. The summed E-state index contributed by atoms with van der Waals surface area (Å²) in [6, 6.07) is 0. The second-order valence-corrected chi connectivity index (χ2v) is 2.62. The van der Waals surface area contributed by atoms with Gasteiger partial charge in [-0.1, -0.05) is 13.8 Å². The van der Waals surface area contributed by atoms with Crippen molar-refractivity contribution in [3.8, 4) is 0 Å². The quantitative estimate of drug-likeness (QED) is 0.605. The number of hydrogen-bond donors (Lipinski definition) is 2. The molecule has 0 aliphatic heterocycles. The molecular formula is C8H13NO3. The van der Waals surface area contributed by atoms with Gasteiger partial charge in [-0.2, -0.15) is 0 Å². The molecule has 0 radical (unpaired) electrons. The number of amides is 1. The van der Waals surface area contributed by atoms with Crippen LogP contribution in [0, 0.1) is 5.92 Å². The molecule has 0 saturated heterocycles. The van der Waals surface area contributed by atoms with Crippen molar-refractivity contribution in [2.45, 2.75) is 20.3 Å². The zero-order valence-electron chi connectivity index (χ0n) is 7.20. The summed E-state index contributed by atoms with van der Waals surface area (Å²) in [5.74, 6) is -1.94. The molecule has 12 heavy (non-hydrogen) atoms. The molecule has 4 nitrogen and oxygen atoms in total. The van der Waals surface area contributed by atoms with Crippen LogP contribution in [0.2, 0.25) is 0 Å². The summed E-state index contributed by atoms with van der Waals surface area (Å²) in [7, 11) is 0. The van der Waals surface area contributed by atoms with E-state index in [4.69, 9.17) is 10.8 Å². The summed E-state index contributed by atoms with van der Waals surface area (Å²) >= 11 is 0. The van der Waals surface area contributed by atoms with E-state index in [1.807, 2.05) is 6.92 Å². The first-order valence-electron chi connectivity index (χ1n) is 3.73. The van der Waals surface area contributed by atoms with Gasteiger partial charge < -0.3 is 10.8 Å². The molecule has 3 N–H and O–H groups in total. The lowest BCUT2D eigenvalue weighted by Gasteiger charge is -2.07. The minimum atomic E-state index is -1.08. The molecule has 0 heterocycles. The lowest BCUT2D eigenvalue weighted by atomic mass is 9.98. The minimum absolute atomic E-state index is 0.0741. The molecule has 1 atom stereocenters. The smallest absolute Gasteiger partial charge is 0.332 e. The number of primary amides is 1. The van der Waals surface area contributed by atoms with Crippen LogP contribution in [0.5, 0.6) is 0 Å². The number of aliphatic carboxylic acids is 1. The van der Waals surface area contributed by atoms with Gasteiger partial charge in [0.15, 0.2) is 0 Å². The fourth-order valence-electron chi connectivity index (χ4n) is 0.788. The molecule has 1 unspecified atom stereocenters. The molecule has 0 fully saturated rings. The van der Waals surface area contributed by atoms with Crippen LogP contribution in [0.15, 0.2) is 11.6 Å². The zero-order valence-corrected chi connectivity index (χ0v) is 7.20. The van der Waals surface area contributed by atoms with Crippen molar-refractivity contribution in [1.82, 2.24) is 0 Å². The lowest BCUT2D eigenvalue weighted by Crippen LogP contribution is -2.15. The van der Waals surface area contributed by atoms with Gasteiger partial charge in [0.25, 0.3) is 0 Å². The number of nitrogens with two attached hydrogens (primary N) is 1. The minimum Gasteiger partial charge on any atom is -0.478 e. The summed E-state index contributed by atoms with van der Waals surface area (Å²) in [6.45, 7) is 3.59. The van der Waals surface area contributed by atoms with Gasteiger partial charge >= 0.3 is 5.97 Å². The number of carboxylic acids is 1. The maximum absolute atomic E-state index is 10.6. The molecule has 0 bridgehead atoms. The molecule has 0 spiro atoms. The molecule has 1 amide bonds. The van der Waals surface area contributed by atoms with Crippen molar-refractivity contribution in [3.63, 3.8) is 0 Å². The summed E-state index contributed by atoms with van der Waals surface area (Å²) in [5, 5.41) is 8.65. The van der Waals surface area contributed by atoms with Gasteiger partial charge in [0.05, 0.1) is 0 Å². The van der Waals surface area contributed by atoms with Crippen molar-refractivity contribution in [2.24, 2.45) is 11.7 Å². The van der Waals surface area contributed by atoms with Gasteiger partial charge in [0.2, 0.25) is 5.91 Å². The molecule has 0 aromatic carbocycles. The molecular weight excluding hydrogens is 158 g/mol. The third kappa shape index (κ3) is 3.18. The molecule has 0 aliphatic rings. The van der Waals surface area contributed by atoms with Gasteiger partial charge in [-0.05, 0) is 12.3 Å². The molecule has 0 aromatic heterocycles. The van der Waals surface area contributed by atoms with E-state index in [-0.39, 0.29) is 11.5 Å². The highest BCUT2D eigenvalue weighted by Gasteiger charge is 2.14. The van der Waals surface area contributed by atoms with Crippen LogP contribution < -0.4 is 5.73 Å². The average molecular weight is 171 g/mol. The SMILES string of the molecule is CCC(C)/C(=C/C(N)=O)C(=O)O. The average Bonchev–Trinajstić information content (AvgIpc) is 1.98. The van der Waals surface area contributed by atoms with Crippen LogP contribution in [0.25, 0.3) is 0 Å². The maximum atomic E-state index is 10.6. The van der Waals surface area contributed by atoms with E-state index in [2.05, 4.69) is 0 Å². The summed E-state index contributed by atoms with van der Waals surface area (Å²) in [6.07, 6.45) is 1.64. The Hall–Kier alpha value is -1.32. The lowest BCUT2D eigenvalue weighted by molar-refractivity contribution is -0.133. The van der Waals surface area contributed by atoms with Crippen LogP contribution in [0.1, 0.15) is 20.3 Å². The van der Waals surface area contributed by atoms with Crippen LogP contribution in [-0.2, 0) is 9.59 Å². The van der Waals surface area contributed by atoms with E-state index in [9.17, 15) is 9.59 Å². The van der Waals surface area contributed by atoms with Gasteiger partial charge in [0, 0.05) is 11.6 Å². The van der Waals surface area contributed by atoms with Crippen LogP contribution in [0.4, 0.5) is 0 Å². The monoisotopic (exact) mass is 171 g/mol. The highest BCUT2D eigenvalue weighted by Crippen LogP contribution is 2.13. The topological polar surface area (TPSA) is 80.4 Å². The van der Waals surface area contributed by atoms with E-state index >= 15 is 0 Å². The Bertz CT molecular complexity index is 220. The van der Waals surface area contributed by atoms with Gasteiger partial charge in [-0.15, -0.1) is 0 Å². The second kappa shape index (κ2) is 4.54. The van der Waals surface area contributed by atoms with Crippen LogP contribution in [-0.4, -0.2) is 17.0 Å². The fourth-order valence-corrected chi connectivity index (χ4v) is 0.788. The van der Waals surface area contributed by atoms with E-state index < -0.39 is 11.9 Å². The summed E-state index contributed by atoms with van der Waals surface area (Å²) in [4.78, 5) is 21.0. The van der Waals surface area contributed by atoms with Gasteiger partial charge in [-0.25, -0.2) is 4.79 Å². The predicted octanol–water partition coefficient (Wildman–Crippen LogP) is 0.529. The van der Waals surface area contributed by atoms with Crippen molar-refractivity contribution in [3.05, 3.63) is 11.6 Å². The number of carbonyl (C=O) groups excluding carboxylic acids is 1. The zero-order chi connectivity index (χ0) is 9.72. The van der Waals surface area contributed by atoms with Crippen LogP contribution in [0.3, 0.4) is 0 Å². The Morgan fingerprint density at radius 3 is 2.33 bits per heavy atom. The molecule has 0 rings (SSSR count). The van der Waals surface area contributed by atoms with Crippen molar-refractivity contribution < 1.29 is 14.7 Å². The Labute approximate surface area is 71.1 Å². The highest BCUT2D eigenvalue weighted by molar-refractivity contribution is 5.97. The van der Waals surface area contributed by atoms with Gasteiger partial charge in [-0.3, -0.25) is 4.79 Å². The van der Waals surface area contributed by atoms with Crippen molar-refractivity contribution in [1.29, 1.82) is 0 Å². The van der Waals surface area contributed by atoms with Crippen LogP contribution >= 0.6 is 0 Å². The standard InChI is InChI=1S/C8H13NO3/c1-3-5(2)6(8(11)12)4-7(9)10/h4-5H,3H2,1-2H3,(H2,9,10)(H,11,12)/b6-4-. The molecule has 0 aliphatic carbocycles. The predicted molar refractivity (Wildman–Crippen MR) is 44.4 cm³/mol. The maximum Gasteiger partial charge on any atom is 0.332 e. The van der Waals surface area contributed by atoms with Crippen molar-refractivity contribution >= 4 is 11.9 Å². The number of carboxylic acid groups (broad SMARTS) is 1. The highest BCUT2D eigenvalue weighted by atomic mass is 16.4. The summed E-state index contributed by atoms with van der Waals surface area (Å²) in [5.41, 5.74) is 4.92. The first-order chi connectivity index (χ1) is 5.49. The Morgan fingerprint density at radius 1 is 1.58 bits per heavy atom. The number of carbonyl (C=O) groups is 2. The summed E-state index contributed by atoms with van der Waals surface area (Å²) < 4.78 is 0. The van der Waals surface area contributed by atoms with E-state index in [0.29, 0.717) is 6.42 Å². The third-order valence-electron chi connectivity index (χ3n) is 1.69. The first kappa shape index (κ1) is 10.7. The van der Waals surface area contributed by atoms with Gasteiger partial charge in [0.1, 0.15) is 0 Å². The Morgan fingerprint density at radius 2 is 2.08 bits per heavy atom. The molecule has 0 saturated carbocycles. The van der Waals surface area contributed by atoms with E-state index in [0.717, 1.165) is 6.08 Å². The fraction of sp³-hybridized carbons (Fsp3) is 0.500. The Kier molecular flexibility index (Phi) is 4.04. The first-order valence-corrected chi connectivity index (χ1v) is 3.73. The molecule has 68 valence electrons. The largest absolute Gasteiger partial charge is 0.478 e. The van der Waals surface area contributed by atoms with Crippen molar-refractivity contribution in [2.75, 3.05) is 0 Å². The molecule has 0 aromatic rings. The molecule has 4 heteroatoms. The normalized spacial score (nSPS) is 14.0. The van der Waals surface area contributed by atoms with E-state index in [1.54, 1.807) is 6.92 Å². The number of rotatable bonds is 4. The Balaban J connectivity index is 4.66. The third-order valence-corrected chi connectivity index (χ3v) is 1.69.